The number of hydrogen-bond donors (Lipinski definition) is 4. The molecular formula is C11H16NO7-. The summed E-state index contributed by atoms with van der Waals surface area (Å²) in [6, 6.07) is -0.269. The molecule has 1 saturated heterocycles. The monoisotopic (exact) mass is 274 g/mol. The van der Waals surface area contributed by atoms with Gasteiger partial charge < -0.3 is 30.5 Å². The zero-order chi connectivity index (χ0) is 14.6. The van der Waals surface area contributed by atoms with Gasteiger partial charge in [-0.2, -0.15) is 0 Å². The van der Waals surface area contributed by atoms with Gasteiger partial charge in [0.25, 0.3) is 0 Å². The Morgan fingerprint density at radius 3 is 2.42 bits per heavy atom. The Bertz CT molecular complexity index is 385. The maximum absolute atomic E-state index is 10.5. The first-order chi connectivity index (χ1) is 8.84. The van der Waals surface area contributed by atoms with E-state index in [2.05, 4.69) is 10.1 Å². The van der Waals surface area contributed by atoms with Crippen molar-refractivity contribution < 1.29 is 34.8 Å². The second kappa shape index (κ2) is 6.39. The SMILES string of the molecule is C[C@H](O)[C@H]1OC(=O)C([O-])=C1O.O=C(O)[C@@H]1CCCN1. The number of nitrogens with one attached hydrogen (secondary N) is 1. The molecule has 1 fully saturated rings. The minimum Gasteiger partial charge on any atom is -0.865 e. The molecule has 0 aromatic carbocycles. The normalized spacial score (nSPS) is 27.6. The van der Waals surface area contributed by atoms with E-state index in [1.807, 2.05) is 0 Å². The molecule has 8 nitrogen and oxygen atoms in total. The second-order valence-electron chi connectivity index (χ2n) is 4.27. The molecule has 2 heterocycles. The second-order valence-corrected chi connectivity index (χ2v) is 4.27. The predicted molar refractivity (Wildman–Crippen MR) is 59.9 cm³/mol. The number of carboxylic acids is 1. The third-order valence-electron chi connectivity index (χ3n) is 2.72. The maximum Gasteiger partial charge on any atom is 0.327 e. The van der Waals surface area contributed by atoms with E-state index < -0.39 is 35.7 Å². The van der Waals surface area contributed by atoms with Gasteiger partial charge in [-0.3, -0.25) is 4.79 Å². The number of carbonyl (C=O) groups is 2. The highest BCUT2D eigenvalue weighted by atomic mass is 16.6. The molecule has 0 bridgehead atoms. The number of hydrogen-bond acceptors (Lipinski definition) is 7. The number of aliphatic carboxylic acids is 1. The number of esters is 1. The molecule has 2 rings (SSSR count). The summed E-state index contributed by atoms with van der Waals surface area (Å²) in [6.07, 6.45) is -0.466. The van der Waals surface area contributed by atoms with E-state index in [9.17, 15) is 14.7 Å². The van der Waals surface area contributed by atoms with Gasteiger partial charge in [0.05, 0.1) is 6.10 Å². The van der Waals surface area contributed by atoms with Gasteiger partial charge in [0, 0.05) is 5.76 Å². The highest BCUT2D eigenvalue weighted by Crippen LogP contribution is 2.19. The Morgan fingerprint density at radius 2 is 2.21 bits per heavy atom. The lowest BCUT2D eigenvalue weighted by atomic mass is 10.2. The van der Waals surface area contributed by atoms with E-state index in [1.165, 1.54) is 6.92 Å². The van der Waals surface area contributed by atoms with Crippen LogP contribution in [0.5, 0.6) is 0 Å². The van der Waals surface area contributed by atoms with Crippen LogP contribution in [-0.4, -0.2) is 52.1 Å². The fraction of sp³-hybridized carbons (Fsp3) is 0.636. The molecule has 3 atom stereocenters. The van der Waals surface area contributed by atoms with Crippen molar-refractivity contribution in [3.63, 3.8) is 0 Å². The Hall–Kier alpha value is -1.80. The van der Waals surface area contributed by atoms with Crippen molar-refractivity contribution in [1.29, 1.82) is 0 Å². The zero-order valence-corrected chi connectivity index (χ0v) is 10.3. The Balaban J connectivity index is 0.000000200. The molecule has 2 aliphatic heterocycles. The number of aliphatic hydroxyl groups excluding tert-OH is 2. The highest BCUT2D eigenvalue weighted by molar-refractivity contribution is 5.88. The summed E-state index contributed by atoms with van der Waals surface area (Å²) in [7, 11) is 0. The van der Waals surface area contributed by atoms with Gasteiger partial charge in [-0.1, -0.05) is 0 Å². The molecule has 108 valence electrons. The topological polar surface area (TPSA) is 139 Å². The fourth-order valence-electron chi connectivity index (χ4n) is 1.68. The molecule has 2 aliphatic rings. The molecular weight excluding hydrogens is 258 g/mol. The average molecular weight is 274 g/mol. The number of carbonyl (C=O) groups excluding carboxylic acids is 1. The smallest absolute Gasteiger partial charge is 0.327 e. The standard InChI is InChI=1S/C6H8O5.C5H9NO2/c1-2(7)5-3(8)4(9)6(10)11-5;7-5(8)4-2-1-3-6-4/h2,5,7-9H,1H3;4,6H,1-3H2,(H,7,8)/p-1/t2-,5+;4-/m00/s1. The predicted octanol–water partition coefficient (Wildman–Crippen LogP) is -1.75. The minimum absolute atomic E-state index is 0.269. The van der Waals surface area contributed by atoms with E-state index in [1.54, 1.807) is 0 Å². The van der Waals surface area contributed by atoms with Crippen LogP contribution in [0.1, 0.15) is 19.8 Å². The van der Waals surface area contributed by atoms with Crippen molar-refractivity contribution in [2.75, 3.05) is 6.54 Å². The van der Waals surface area contributed by atoms with Crippen LogP contribution in [0.3, 0.4) is 0 Å². The summed E-state index contributed by atoms with van der Waals surface area (Å²) in [4.78, 5) is 20.6. The number of ether oxygens (including phenoxy) is 1. The Kier molecular flexibility index (Phi) is 5.13. The third-order valence-corrected chi connectivity index (χ3v) is 2.72. The van der Waals surface area contributed by atoms with Gasteiger partial charge in [-0.15, -0.1) is 0 Å². The molecule has 19 heavy (non-hydrogen) atoms. The summed E-state index contributed by atoms with van der Waals surface area (Å²) in [5.41, 5.74) is 0. The van der Waals surface area contributed by atoms with E-state index in [0.717, 1.165) is 19.4 Å². The lowest BCUT2D eigenvalue weighted by Gasteiger charge is -2.12. The van der Waals surface area contributed by atoms with E-state index in [0.29, 0.717) is 0 Å². The van der Waals surface area contributed by atoms with Crippen molar-refractivity contribution in [2.45, 2.75) is 38.0 Å². The molecule has 0 spiro atoms. The van der Waals surface area contributed by atoms with Crippen LogP contribution in [-0.2, 0) is 14.3 Å². The minimum atomic E-state index is -1.19. The van der Waals surface area contributed by atoms with Crippen molar-refractivity contribution in [3.05, 3.63) is 11.5 Å². The molecule has 0 radical (unpaired) electrons. The lowest BCUT2D eigenvalue weighted by Crippen LogP contribution is -2.29. The summed E-state index contributed by atoms with van der Waals surface area (Å²) in [6.45, 7) is 2.17. The van der Waals surface area contributed by atoms with E-state index in [-0.39, 0.29) is 6.04 Å². The zero-order valence-electron chi connectivity index (χ0n) is 10.3. The molecule has 0 aliphatic carbocycles. The quantitative estimate of drug-likeness (QED) is 0.434. The summed E-state index contributed by atoms with van der Waals surface area (Å²) < 4.78 is 4.32. The molecule has 4 N–H and O–H groups in total. The van der Waals surface area contributed by atoms with Crippen molar-refractivity contribution >= 4 is 11.9 Å². The molecule has 0 aromatic rings. The van der Waals surface area contributed by atoms with Gasteiger partial charge in [-0.25, -0.2) is 4.79 Å². The number of rotatable bonds is 2. The number of carboxylic acid groups (broad SMARTS) is 1. The number of cyclic esters (lactones) is 1. The summed E-state index contributed by atoms with van der Waals surface area (Å²) in [5.74, 6) is -3.63. The van der Waals surface area contributed by atoms with Crippen LogP contribution >= 0.6 is 0 Å². The maximum atomic E-state index is 10.5. The Labute approximate surface area is 109 Å². The highest BCUT2D eigenvalue weighted by Gasteiger charge is 2.32. The summed E-state index contributed by atoms with van der Waals surface area (Å²) >= 11 is 0. The first-order valence-electron chi connectivity index (χ1n) is 5.80. The van der Waals surface area contributed by atoms with Crippen molar-refractivity contribution in [1.82, 2.24) is 5.32 Å². The molecule has 0 saturated carbocycles. The van der Waals surface area contributed by atoms with Crippen LogP contribution in [0.2, 0.25) is 0 Å². The van der Waals surface area contributed by atoms with Gasteiger partial charge in [-0.05, 0) is 26.3 Å². The average Bonchev–Trinajstić information content (AvgIpc) is 2.95. The van der Waals surface area contributed by atoms with Crippen LogP contribution < -0.4 is 10.4 Å². The Morgan fingerprint density at radius 1 is 1.58 bits per heavy atom. The van der Waals surface area contributed by atoms with Crippen LogP contribution in [0, 0.1) is 0 Å². The van der Waals surface area contributed by atoms with Crippen LogP contribution in [0.15, 0.2) is 11.5 Å². The van der Waals surface area contributed by atoms with E-state index >= 15 is 0 Å². The van der Waals surface area contributed by atoms with Gasteiger partial charge >= 0.3 is 11.9 Å². The van der Waals surface area contributed by atoms with Crippen LogP contribution in [0.25, 0.3) is 0 Å². The van der Waals surface area contributed by atoms with Gasteiger partial charge in [0.2, 0.25) is 0 Å². The summed E-state index contributed by atoms with van der Waals surface area (Å²) in [5, 5.41) is 39.5. The lowest BCUT2D eigenvalue weighted by molar-refractivity contribution is -0.303. The largest absolute Gasteiger partial charge is 0.865 e. The van der Waals surface area contributed by atoms with Gasteiger partial charge in [0.15, 0.2) is 6.10 Å². The van der Waals surface area contributed by atoms with Crippen molar-refractivity contribution in [3.8, 4) is 0 Å². The van der Waals surface area contributed by atoms with E-state index in [4.69, 9.17) is 15.3 Å². The first-order valence-corrected chi connectivity index (χ1v) is 5.80. The molecule has 0 unspecified atom stereocenters. The first kappa shape index (κ1) is 15.3. The fourth-order valence-corrected chi connectivity index (χ4v) is 1.68. The number of aliphatic hydroxyl groups is 2. The molecule has 8 heteroatoms. The van der Waals surface area contributed by atoms with Crippen LogP contribution in [0.4, 0.5) is 0 Å². The van der Waals surface area contributed by atoms with Crippen molar-refractivity contribution in [2.24, 2.45) is 0 Å². The molecule has 0 amide bonds. The third kappa shape index (κ3) is 3.83. The molecule has 0 aromatic heterocycles. The van der Waals surface area contributed by atoms with Gasteiger partial charge in [0.1, 0.15) is 11.8 Å².